The highest BCUT2D eigenvalue weighted by molar-refractivity contribution is 5.76. The van der Waals surface area contributed by atoms with Crippen LogP contribution in [0, 0.1) is 0 Å². The molecule has 7 nitrogen and oxygen atoms in total. The van der Waals surface area contributed by atoms with E-state index in [0.29, 0.717) is 18.9 Å². The number of aliphatic carboxylic acids is 1. The molecule has 2 fully saturated rings. The second-order valence-electron chi connectivity index (χ2n) is 12.1. The quantitative estimate of drug-likeness (QED) is 0.155. The molecule has 0 aliphatic heterocycles. The maximum absolute atomic E-state index is 11.9. The molecule has 0 saturated heterocycles. The van der Waals surface area contributed by atoms with E-state index in [1.54, 1.807) is 0 Å². The topological polar surface area (TPSA) is 133 Å². The van der Waals surface area contributed by atoms with E-state index in [2.05, 4.69) is 41.7 Å². The van der Waals surface area contributed by atoms with Gasteiger partial charge in [0.2, 0.25) is 5.91 Å². The van der Waals surface area contributed by atoms with Gasteiger partial charge in [-0.3, -0.25) is 9.59 Å². The van der Waals surface area contributed by atoms with Crippen molar-refractivity contribution in [1.82, 2.24) is 5.32 Å². The van der Waals surface area contributed by atoms with E-state index in [9.17, 15) is 14.7 Å². The van der Waals surface area contributed by atoms with Crippen LogP contribution >= 0.6 is 0 Å². The molecule has 0 aromatic heterocycles. The largest absolute Gasteiger partial charge is 0.481 e. The van der Waals surface area contributed by atoms with Crippen molar-refractivity contribution < 1.29 is 24.9 Å². The van der Waals surface area contributed by atoms with Gasteiger partial charge in [-0.2, -0.15) is 0 Å². The number of carboxylic acid groups (broad SMARTS) is 1. The molecule has 6 N–H and O–H groups in total. The number of carbonyl (C=O) groups excluding carboxylic acids is 1. The first kappa shape index (κ1) is 39.3. The van der Waals surface area contributed by atoms with E-state index in [0.717, 1.165) is 103 Å². The van der Waals surface area contributed by atoms with Crippen molar-refractivity contribution in [2.45, 2.75) is 147 Å². The Kier molecular flexibility index (Phi) is 21.9. The number of nitrogens with two attached hydrogens (primary N) is 1. The van der Waals surface area contributed by atoms with Crippen LogP contribution in [-0.2, 0) is 22.4 Å². The minimum Gasteiger partial charge on any atom is -0.481 e. The van der Waals surface area contributed by atoms with Crippen molar-refractivity contribution in [3.63, 3.8) is 0 Å². The molecular weight excluding hydrogens is 552 g/mol. The maximum atomic E-state index is 11.9. The molecule has 2 aromatic rings. The van der Waals surface area contributed by atoms with Gasteiger partial charge in [-0.05, 0) is 101 Å². The number of nitrogens with one attached hydrogen (secondary N) is 1. The molecule has 0 spiro atoms. The van der Waals surface area contributed by atoms with Gasteiger partial charge >= 0.3 is 5.97 Å². The van der Waals surface area contributed by atoms with Gasteiger partial charge in [-0.15, -0.1) is 0 Å². The summed E-state index contributed by atoms with van der Waals surface area (Å²) in [6.45, 7) is 0. The molecule has 4 rings (SSSR count). The third kappa shape index (κ3) is 20.3. The minimum atomic E-state index is -0.690. The molecule has 0 radical (unpaired) electrons. The number of unbranched alkanes of at least 4 members (excludes halogenated alkanes) is 4. The number of carboxylic acids is 1. The first-order valence-electron chi connectivity index (χ1n) is 16.5. The van der Waals surface area contributed by atoms with E-state index >= 15 is 0 Å². The maximum Gasteiger partial charge on any atom is 0.303 e. The fraction of sp³-hybridized carbons (Fsp3) is 0.622. The average molecular weight is 613 g/mol. The number of aryl methyl sites for hydroxylation is 2. The molecule has 44 heavy (non-hydrogen) atoms. The Bertz CT molecular complexity index is 962. The Balaban J connectivity index is 0.000000362. The zero-order valence-electron chi connectivity index (χ0n) is 26.0. The fourth-order valence-electron chi connectivity index (χ4n) is 5.48. The predicted molar refractivity (Wildman–Crippen MR) is 180 cm³/mol. The van der Waals surface area contributed by atoms with Crippen LogP contribution in [0.1, 0.15) is 121 Å². The minimum absolute atomic E-state index is 0. The third-order valence-corrected chi connectivity index (χ3v) is 8.21. The van der Waals surface area contributed by atoms with Gasteiger partial charge in [-0.25, -0.2) is 0 Å². The molecule has 2 aliphatic carbocycles. The predicted octanol–water partition coefficient (Wildman–Crippen LogP) is 6.97. The molecule has 7 heteroatoms. The Morgan fingerprint density at radius 2 is 1.07 bits per heavy atom. The van der Waals surface area contributed by atoms with Crippen LogP contribution in [0.2, 0.25) is 0 Å². The fourth-order valence-corrected chi connectivity index (χ4v) is 5.48. The lowest BCUT2D eigenvalue weighted by Gasteiger charge is -2.26. The lowest BCUT2D eigenvalue weighted by molar-refractivity contribution is -0.137. The van der Waals surface area contributed by atoms with E-state index in [1.807, 2.05) is 24.3 Å². The number of benzene rings is 2. The van der Waals surface area contributed by atoms with Crippen LogP contribution in [-0.4, -0.2) is 51.5 Å². The molecule has 2 aliphatic rings. The molecular formula is C37H60N2O5. The number of hydrogen-bond acceptors (Lipinski definition) is 5. The van der Waals surface area contributed by atoms with Gasteiger partial charge in [0.15, 0.2) is 0 Å². The summed E-state index contributed by atoms with van der Waals surface area (Å²) >= 11 is 0. The van der Waals surface area contributed by atoms with Gasteiger partial charge in [0.25, 0.3) is 0 Å². The Labute approximate surface area is 266 Å². The van der Waals surface area contributed by atoms with E-state index in [-0.39, 0.29) is 31.6 Å². The highest BCUT2D eigenvalue weighted by Crippen LogP contribution is 2.19. The monoisotopic (exact) mass is 612 g/mol. The Morgan fingerprint density at radius 1 is 0.636 bits per heavy atom. The van der Waals surface area contributed by atoms with Gasteiger partial charge in [0, 0.05) is 24.9 Å². The summed E-state index contributed by atoms with van der Waals surface area (Å²) in [4.78, 5) is 22.1. The molecule has 0 atom stereocenters. The number of amides is 1. The van der Waals surface area contributed by atoms with E-state index < -0.39 is 5.97 Å². The first-order chi connectivity index (χ1) is 20.8. The Hall–Kier alpha value is -2.74. The zero-order valence-corrected chi connectivity index (χ0v) is 26.0. The van der Waals surface area contributed by atoms with Crippen molar-refractivity contribution in [3.8, 4) is 0 Å². The van der Waals surface area contributed by atoms with Crippen LogP contribution in [0.3, 0.4) is 0 Å². The summed E-state index contributed by atoms with van der Waals surface area (Å²) in [5.74, 6) is -0.513. The van der Waals surface area contributed by atoms with Crippen molar-refractivity contribution in [2.24, 2.45) is 5.73 Å². The van der Waals surface area contributed by atoms with Gasteiger partial charge in [0.05, 0.1) is 12.2 Å². The SMILES string of the molecule is C.NC1CCC(O)CC1.O=C(CCCCCc1ccccc1)NC1CCC(O)CC1.O=C(O)CCCCCc1ccccc1. The average Bonchev–Trinajstić information content (AvgIpc) is 3.01. The smallest absolute Gasteiger partial charge is 0.303 e. The Morgan fingerprint density at radius 3 is 1.50 bits per heavy atom. The number of hydrogen-bond donors (Lipinski definition) is 5. The number of aliphatic hydroxyl groups is 2. The summed E-state index contributed by atoms with van der Waals surface area (Å²) in [5.41, 5.74) is 8.30. The summed E-state index contributed by atoms with van der Waals surface area (Å²) < 4.78 is 0. The second kappa shape index (κ2) is 24.6. The van der Waals surface area contributed by atoms with Gasteiger partial charge in [0.1, 0.15) is 0 Å². The number of carbonyl (C=O) groups is 2. The lowest BCUT2D eigenvalue weighted by atomic mass is 9.93. The van der Waals surface area contributed by atoms with E-state index in [1.165, 1.54) is 11.1 Å². The van der Waals surface area contributed by atoms with E-state index in [4.69, 9.17) is 15.9 Å². The third-order valence-electron chi connectivity index (χ3n) is 8.21. The van der Waals surface area contributed by atoms with Crippen molar-refractivity contribution in [2.75, 3.05) is 0 Å². The summed E-state index contributed by atoms with van der Waals surface area (Å²) in [6.07, 6.45) is 16.3. The summed E-state index contributed by atoms with van der Waals surface area (Å²) in [5, 5.41) is 29.9. The van der Waals surface area contributed by atoms with Crippen LogP contribution in [0.15, 0.2) is 60.7 Å². The molecule has 0 unspecified atom stereocenters. The summed E-state index contributed by atoms with van der Waals surface area (Å²) in [7, 11) is 0. The second-order valence-corrected chi connectivity index (χ2v) is 12.1. The van der Waals surface area contributed by atoms with Crippen molar-refractivity contribution in [1.29, 1.82) is 0 Å². The molecule has 2 aromatic carbocycles. The zero-order chi connectivity index (χ0) is 31.1. The number of rotatable bonds is 13. The van der Waals surface area contributed by atoms with Crippen LogP contribution < -0.4 is 11.1 Å². The molecule has 0 bridgehead atoms. The standard InChI is InChI=1S/C18H27NO2.C12H16O2.C6H13NO.CH4/c20-17-13-11-16(12-14-17)19-18(21)10-6-2-5-9-15-7-3-1-4-8-15;13-12(14)10-6-2-5-9-11-7-3-1-4-8-11;7-5-1-3-6(8)4-2-5;/h1,3-4,7-8,16-17,20H,2,5-6,9-14H2,(H,19,21);1,3-4,7-8H,2,5-6,9-10H2,(H,13,14);5-6,8H,1-4,7H2;1H4. The normalized spacial score (nSPS) is 20.9. The first-order valence-corrected chi connectivity index (χ1v) is 16.5. The molecule has 0 heterocycles. The number of aliphatic hydroxyl groups excluding tert-OH is 2. The van der Waals surface area contributed by atoms with Crippen molar-refractivity contribution in [3.05, 3.63) is 71.8 Å². The van der Waals surface area contributed by atoms with Crippen LogP contribution in [0.25, 0.3) is 0 Å². The van der Waals surface area contributed by atoms with Gasteiger partial charge in [-0.1, -0.05) is 80.9 Å². The highest BCUT2D eigenvalue weighted by Gasteiger charge is 2.20. The van der Waals surface area contributed by atoms with Crippen molar-refractivity contribution >= 4 is 11.9 Å². The van der Waals surface area contributed by atoms with Gasteiger partial charge < -0.3 is 26.4 Å². The van der Waals surface area contributed by atoms with Crippen LogP contribution in [0.5, 0.6) is 0 Å². The van der Waals surface area contributed by atoms with Crippen LogP contribution in [0.4, 0.5) is 0 Å². The summed E-state index contributed by atoms with van der Waals surface area (Å²) in [6, 6.07) is 21.4. The molecule has 1 amide bonds. The highest BCUT2D eigenvalue weighted by atomic mass is 16.4. The lowest BCUT2D eigenvalue weighted by Crippen LogP contribution is -2.38. The molecule has 248 valence electrons. The molecule has 2 saturated carbocycles.